The van der Waals surface area contributed by atoms with Crippen LogP contribution in [0, 0.1) is 11.8 Å². The minimum Gasteiger partial charge on any atom is -0.509 e. The van der Waals surface area contributed by atoms with Crippen LogP contribution in [0.5, 0.6) is 5.75 Å². The summed E-state index contributed by atoms with van der Waals surface area (Å²) in [4.78, 5) is 46.0. The Hall–Kier alpha value is -3.78. The van der Waals surface area contributed by atoms with Crippen molar-refractivity contribution in [3.8, 4) is 5.75 Å². The number of nitrogens with zero attached hydrogens (tertiary/aromatic N) is 4. The van der Waals surface area contributed by atoms with Gasteiger partial charge in [0.25, 0.3) is 5.91 Å². The van der Waals surface area contributed by atoms with Gasteiger partial charge in [0.05, 0.1) is 5.25 Å². The third kappa shape index (κ3) is 8.01. The minimum absolute atomic E-state index is 0.0168. The smallest absolute Gasteiger partial charge is 0.410 e. The van der Waals surface area contributed by atoms with Crippen molar-refractivity contribution < 1.29 is 32.6 Å². The molecule has 4 heterocycles. The van der Waals surface area contributed by atoms with Gasteiger partial charge < -0.3 is 29.9 Å². The Bertz CT molecular complexity index is 1720. The van der Waals surface area contributed by atoms with Crippen LogP contribution in [-0.4, -0.2) is 122 Å². The van der Waals surface area contributed by atoms with Gasteiger partial charge >= 0.3 is 12.1 Å². The predicted octanol–water partition coefficient (Wildman–Crippen LogP) is 3.23. The number of aromatic hydroxyl groups is 1. The summed E-state index contributed by atoms with van der Waals surface area (Å²) in [5, 5.41) is 12.8. The Labute approximate surface area is 301 Å². The van der Waals surface area contributed by atoms with E-state index in [0.717, 1.165) is 56.2 Å². The number of hydrogen-bond donors (Lipinski definition) is 2. The molecule has 0 spiro atoms. The number of para-hydroxylation sites is 1. The van der Waals surface area contributed by atoms with Crippen molar-refractivity contribution in [3.05, 3.63) is 53.6 Å². The van der Waals surface area contributed by atoms with E-state index in [1.807, 2.05) is 29.2 Å². The maximum absolute atomic E-state index is 14.0. The quantitative estimate of drug-likeness (QED) is 0.400. The number of urea groups is 1. The van der Waals surface area contributed by atoms with Gasteiger partial charge in [0.1, 0.15) is 13.6 Å². The second kappa shape index (κ2) is 15.1. The van der Waals surface area contributed by atoms with Crippen LogP contribution < -0.4 is 10.8 Å². The number of rotatable bonds is 8. The molecule has 0 bridgehead atoms. The molecule has 1 saturated carbocycles. The Kier molecular flexibility index (Phi) is 10.5. The van der Waals surface area contributed by atoms with Crippen LogP contribution >= 0.6 is 0 Å². The summed E-state index contributed by atoms with van der Waals surface area (Å²) in [6, 6.07) is 12.4. The highest BCUT2D eigenvalue weighted by Gasteiger charge is 2.42. The molecule has 272 valence electrons. The number of nitrogens with one attached hydrogen (secondary N) is 1. The van der Waals surface area contributed by atoms with Crippen LogP contribution in [0.3, 0.4) is 0 Å². The van der Waals surface area contributed by atoms with Gasteiger partial charge in [-0.1, -0.05) is 35.8 Å². The molecule has 14 heteroatoms. The average molecular weight is 718 g/mol. The van der Waals surface area contributed by atoms with E-state index in [-0.39, 0.29) is 40.9 Å². The summed E-state index contributed by atoms with van der Waals surface area (Å²) in [7, 11) is 2.81. The maximum atomic E-state index is 14.0. The number of fused-ring (bicyclic) bond motifs is 1. The minimum atomic E-state index is -3.15. The van der Waals surface area contributed by atoms with Crippen molar-refractivity contribution in [2.75, 3.05) is 51.1 Å². The second-order valence-electron chi connectivity index (χ2n) is 14.9. The second-order valence-corrected chi connectivity index (χ2v) is 17.1. The van der Waals surface area contributed by atoms with Gasteiger partial charge in [-0.05, 0) is 92.9 Å². The lowest BCUT2D eigenvalue weighted by atomic mass is 9.79. The lowest BCUT2D eigenvalue weighted by molar-refractivity contribution is -0.142. The molecule has 2 aromatic rings. The number of sulfonamides is 1. The van der Waals surface area contributed by atoms with Crippen LogP contribution in [0.4, 0.5) is 15.3 Å². The van der Waals surface area contributed by atoms with E-state index in [4.69, 9.17) is 12.6 Å². The Balaban J connectivity index is 0.945. The molecule has 4 fully saturated rings. The van der Waals surface area contributed by atoms with E-state index >= 15 is 0 Å². The third-order valence-corrected chi connectivity index (χ3v) is 14.1. The number of hydrogen-bond acceptors (Lipinski definition) is 7. The fourth-order valence-electron chi connectivity index (χ4n) is 8.39. The molecule has 3 saturated heterocycles. The average Bonchev–Trinajstić information content (AvgIpc) is 4.01. The number of amides is 4. The number of piperidine rings is 3. The number of ether oxygens (including phenoxy) is 1. The third-order valence-electron chi connectivity index (χ3n) is 11.7. The van der Waals surface area contributed by atoms with Crippen LogP contribution in [0.15, 0.2) is 42.5 Å². The summed E-state index contributed by atoms with van der Waals surface area (Å²) in [5.41, 5.74) is 2.80. The standard InChI is InChI=1S/C37H48BN5O7S/c38-31-23-25(5-8-33(31)44)24-34(35(45)40-16-9-26(10-17-40)27-11-20-42(21-12-27)51(48,49)30-6-7-30)50-37(47)41-18-14-29(15-19-41)43-22-13-28-3-1-2-4-32(28)39-36(43)46/h1-5,8,23,26-27,29-30,34,44H,6-7,9-22,24H2,(H,39,46)/t34-/m1/s1. The monoisotopic (exact) mass is 717 g/mol. The molecule has 4 aliphatic heterocycles. The highest BCUT2D eigenvalue weighted by atomic mass is 32.2. The van der Waals surface area contributed by atoms with Crippen LogP contribution in [0.2, 0.25) is 0 Å². The SMILES string of the molecule is [B]c1cc(C[C@@H](OC(=O)N2CCC(N3CCc4ccccc4NC3=O)CC2)C(=O)N2CCC(C3CCN(S(=O)(=O)C4CC4)CC3)CC2)ccc1O. The fraction of sp³-hybridized carbons (Fsp3) is 0.595. The molecule has 51 heavy (non-hydrogen) atoms. The van der Waals surface area contributed by atoms with Crippen LogP contribution in [0.1, 0.15) is 62.5 Å². The predicted molar refractivity (Wildman–Crippen MR) is 193 cm³/mol. The zero-order chi connectivity index (χ0) is 35.7. The molecule has 2 aromatic carbocycles. The first-order valence-electron chi connectivity index (χ1n) is 18.5. The number of carbonyl (C=O) groups is 3. The summed E-state index contributed by atoms with van der Waals surface area (Å²) in [5.74, 6) is 0.538. The summed E-state index contributed by atoms with van der Waals surface area (Å²) >= 11 is 0. The first-order chi connectivity index (χ1) is 24.6. The normalized spacial score (nSPS) is 22.2. The lowest BCUT2D eigenvalue weighted by Gasteiger charge is -2.41. The Morgan fingerprint density at radius 3 is 2.18 bits per heavy atom. The van der Waals surface area contributed by atoms with Crippen molar-refractivity contribution in [2.24, 2.45) is 11.8 Å². The van der Waals surface area contributed by atoms with Crippen molar-refractivity contribution in [3.63, 3.8) is 0 Å². The van der Waals surface area contributed by atoms with Crippen molar-refractivity contribution in [1.82, 2.24) is 19.0 Å². The molecule has 5 aliphatic rings. The van der Waals surface area contributed by atoms with Crippen LogP contribution in [0.25, 0.3) is 0 Å². The lowest BCUT2D eigenvalue weighted by Crippen LogP contribution is -2.52. The van der Waals surface area contributed by atoms with E-state index < -0.39 is 22.2 Å². The van der Waals surface area contributed by atoms with Crippen molar-refractivity contribution in [2.45, 2.75) is 81.6 Å². The highest BCUT2D eigenvalue weighted by molar-refractivity contribution is 7.90. The molecule has 0 unspecified atom stereocenters. The van der Waals surface area contributed by atoms with Gasteiger partial charge in [-0.15, -0.1) is 0 Å². The molecule has 2 N–H and O–H groups in total. The number of anilines is 1. The highest BCUT2D eigenvalue weighted by Crippen LogP contribution is 2.37. The molecular weight excluding hydrogens is 669 g/mol. The van der Waals surface area contributed by atoms with Gasteiger partial charge in [0, 0.05) is 64.0 Å². The van der Waals surface area contributed by atoms with Gasteiger partial charge in [0.15, 0.2) is 6.10 Å². The number of carbonyl (C=O) groups excluding carboxylic acids is 3. The molecule has 2 radical (unpaired) electrons. The van der Waals surface area contributed by atoms with Crippen molar-refractivity contribution >= 4 is 47.1 Å². The summed E-state index contributed by atoms with van der Waals surface area (Å²) < 4.78 is 33.1. The number of likely N-dealkylation sites (tertiary alicyclic amines) is 2. The number of benzene rings is 2. The zero-order valence-corrected chi connectivity index (χ0v) is 29.9. The zero-order valence-electron chi connectivity index (χ0n) is 29.1. The van der Waals surface area contributed by atoms with E-state index in [2.05, 4.69) is 5.32 Å². The summed E-state index contributed by atoms with van der Waals surface area (Å²) in [6.07, 6.45) is 5.34. The molecule has 0 aromatic heterocycles. The largest absolute Gasteiger partial charge is 0.509 e. The van der Waals surface area contributed by atoms with E-state index in [1.54, 1.807) is 26.2 Å². The van der Waals surface area contributed by atoms with E-state index in [0.29, 0.717) is 76.1 Å². The van der Waals surface area contributed by atoms with Gasteiger partial charge in [-0.3, -0.25) is 4.79 Å². The first-order valence-corrected chi connectivity index (χ1v) is 20.0. The topological polar surface area (TPSA) is 140 Å². The van der Waals surface area contributed by atoms with Crippen molar-refractivity contribution in [1.29, 1.82) is 0 Å². The summed E-state index contributed by atoms with van der Waals surface area (Å²) in [6.45, 7) is 3.65. The molecular formula is C37H48BN5O7S. The Morgan fingerprint density at radius 1 is 0.863 bits per heavy atom. The number of phenols is 1. The first kappa shape index (κ1) is 35.6. The fourth-order valence-corrected chi connectivity index (χ4v) is 10.3. The van der Waals surface area contributed by atoms with E-state index in [9.17, 15) is 27.9 Å². The van der Waals surface area contributed by atoms with Gasteiger partial charge in [0.2, 0.25) is 10.0 Å². The Morgan fingerprint density at radius 2 is 1.51 bits per heavy atom. The molecule has 12 nitrogen and oxygen atoms in total. The van der Waals surface area contributed by atoms with Gasteiger partial charge in [-0.2, -0.15) is 0 Å². The molecule has 4 amide bonds. The van der Waals surface area contributed by atoms with Gasteiger partial charge in [-0.25, -0.2) is 22.3 Å². The van der Waals surface area contributed by atoms with Crippen LogP contribution in [-0.2, 0) is 32.4 Å². The molecule has 7 rings (SSSR count). The number of phenolic OH excluding ortho intramolecular Hbond substituents is 1. The maximum Gasteiger partial charge on any atom is 0.410 e. The molecule has 1 aliphatic carbocycles. The molecule has 1 atom stereocenters. The van der Waals surface area contributed by atoms with E-state index in [1.165, 1.54) is 6.07 Å².